The minimum Gasteiger partial charge on any atom is -0.496 e. The smallest absolute Gasteiger partial charge is 0.244 e. The van der Waals surface area contributed by atoms with Crippen LogP contribution in [0, 0.1) is 0 Å². The molecular formula is C21H25Cl2N3O4S. The molecule has 7 nitrogen and oxygen atoms in total. The third-order valence-corrected chi connectivity index (χ3v) is 7.97. The molecule has 31 heavy (non-hydrogen) atoms. The SMILES string of the molecule is COc1ccccc1CNC(=O)C(C)N1CCN(S(=O)(=O)c2cc(Cl)ccc2Cl)CC1. The molecule has 2 aromatic carbocycles. The maximum absolute atomic E-state index is 13.0. The molecule has 1 atom stereocenters. The summed E-state index contributed by atoms with van der Waals surface area (Å²) in [6.07, 6.45) is 0. The summed E-state index contributed by atoms with van der Waals surface area (Å²) >= 11 is 12.0. The molecule has 0 aliphatic carbocycles. The lowest BCUT2D eigenvalue weighted by molar-refractivity contribution is -0.126. The number of carbonyl (C=O) groups is 1. The van der Waals surface area contributed by atoms with Gasteiger partial charge in [0, 0.05) is 43.3 Å². The van der Waals surface area contributed by atoms with Crippen LogP contribution < -0.4 is 10.1 Å². The number of methoxy groups -OCH3 is 1. The summed E-state index contributed by atoms with van der Waals surface area (Å²) in [5.41, 5.74) is 0.889. The lowest BCUT2D eigenvalue weighted by Crippen LogP contribution is -2.54. The van der Waals surface area contributed by atoms with Crippen LogP contribution in [0.3, 0.4) is 0 Å². The molecule has 0 spiro atoms. The molecule has 1 aliphatic rings. The van der Waals surface area contributed by atoms with E-state index in [1.807, 2.05) is 36.1 Å². The van der Waals surface area contributed by atoms with Crippen molar-refractivity contribution in [2.75, 3.05) is 33.3 Å². The lowest BCUT2D eigenvalue weighted by Gasteiger charge is -2.36. The van der Waals surface area contributed by atoms with E-state index in [0.29, 0.717) is 30.4 Å². The fourth-order valence-corrected chi connectivity index (χ4v) is 5.65. The number of para-hydroxylation sites is 1. The Morgan fingerprint density at radius 1 is 1.13 bits per heavy atom. The van der Waals surface area contributed by atoms with E-state index in [4.69, 9.17) is 27.9 Å². The van der Waals surface area contributed by atoms with E-state index >= 15 is 0 Å². The van der Waals surface area contributed by atoms with Gasteiger partial charge in [-0.05, 0) is 31.2 Å². The molecule has 0 saturated carbocycles. The van der Waals surface area contributed by atoms with Crippen LogP contribution in [0.15, 0.2) is 47.4 Å². The largest absolute Gasteiger partial charge is 0.496 e. The van der Waals surface area contributed by atoms with Crippen LogP contribution >= 0.6 is 23.2 Å². The van der Waals surface area contributed by atoms with E-state index in [1.54, 1.807) is 13.2 Å². The molecule has 1 amide bonds. The maximum atomic E-state index is 13.0. The van der Waals surface area contributed by atoms with Crippen molar-refractivity contribution in [2.24, 2.45) is 0 Å². The molecule has 3 rings (SSSR count). The molecule has 1 N–H and O–H groups in total. The molecule has 1 unspecified atom stereocenters. The minimum absolute atomic E-state index is 0.00211. The lowest BCUT2D eigenvalue weighted by atomic mass is 10.2. The normalized spacial score (nSPS) is 16.6. The Morgan fingerprint density at radius 3 is 2.48 bits per heavy atom. The third-order valence-electron chi connectivity index (χ3n) is 5.36. The number of sulfonamides is 1. The van der Waals surface area contributed by atoms with Gasteiger partial charge in [0.05, 0.1) is 18.2 Å². The Balaban J connectivity index is 1.58. The van der Waals surface area contributed by atoms with Gasteiger partial charge in [-0.3, -0.25) is 9.69 Å². The van der Waals surface area contributed by atoms with Crippen molar-refractivity contribution < 1.29 is 17.9 Å². The number of hydrogen-bond donors (Lipinski definition) is 1. The van der Waals surface area contributed by atoms with Crippen molar-refractivity contribution in [3.63, 3.8) is 0 Å². The number of carbonyl (C=O) groups excluding carboxylic acids is 1. The topological polar surface area (TPSA) is 79.0 Å². The van der Waals surface area contributed by atoms with Crippen molar-refractivity contribution in [3.8, 4) is 5.75 Å². The predicted molar refractivity (Wildman–Crippen MR) is 121 cm³/mol. The summed E-state index contributed by atoms with van der Waals surface area (Å²) in [7, 11) is -2.17. The van der Waals surface area contributed by atoms with Gasteiger partial charge in [0.15, 0.2) is 0 Å². The van der Waals surface area contributed by atoms with Gasteiger partial charge < -0.3 is 10.1 Å². The molecule has 168 valence electrons. The van der Waals surface area contributed by atoms with E-state index < -0.39 is 16.1 Å². The van der Waals surface area contributed by atoms with Gasteiger partial charge in [-0.1, -0.05) is 41.4 Å². The molecule has 1 heterocycles. The Hall–Kier alpha value is -1.84. The maximum Gasteiger partial charge on any atom is 0.244 e. The van der Waals surface area contributed by atoms with Crippen LogP contribution in [0.25, 0.3) is 0 Å². The van der Waals surface area contributed by atoms with Crippen molar-refractivity contribution >= 4 is 39.1 Å². The van der Waals surface area contributed by atoms with Crippen LogP contribution in [0.4, 0.5) is 0 Å². The molecule has 1 fully saturated rings. The van der Waals surface area contributed by atoms with E-state index in [-0.39, 0.29) is 28.9 Å². The molecule has 1 saturated heterocycles. The number of benzene rings is 2. The second-order valence-electron chi connectivity index (χ2n) is 7.22. The highest BCUT2D eigenvalue weighted by Crippen LogP contribution is 2.28. The first-order valence-electron chi connectivity index (χ1n) is 9.83. The zero-order valence-electron chi connectivity index (χ0n) is 17.3. The summed E-state index contributed by atoms with van der Waals surface area (Å²) < 4.78 is 32.6. The third kappa shape index (κ3) is 5.51. The van der Waals surface area contributed by atoms with Crippen LogP contribution in [0.1, 0.15) is 12.5 Å². The van der Waals surface area contributed by atoms with Gasteiger partial charge in [0.2, 0.25) is 15.9 Å². The number of nitrogens with zero attached hydrogens (tertiary/aromatic N) is 2. The number of piperazine rings is 1. The van der Waals surface area contributed by atoms with Crippen LogP contribution in [-0.4, -0.2) is 62.9 Å². The number of rotatable bonds is 7. The first-order chi connectivity index (χ1) is 14.7. The second kappa shape index (κ2) is 10.2. The van der Waals surface area contributed by atoms with Gasteiger partial charge in [0.1, 0.15) is 10.6 Å². The van der Waals surface area contributed by atoms with Crippen molar-refractivity contribution in [1.29, 1.82) is 0 Å². The molecule has 10 heteroatoms. The van der Waals surface area contributed by atoms with E-state index in [2.05, 4.69) is 5.32 Å². The number of ether oxygens (including phenoxy) is 1. The second-order valence-corrected chi connectivity index (χ2v) is 9.97. The zero-order valence-corrected chi connectivity index (χ0v) is 19.7. The molecule has 0 radical (unpaired) electrons. The highest BCUT2D eigenvalue weighted by Gasteiger charge is 2.33. The minimum atomic E-state index is -3.76. The Kier molecular flexibility index (Phi) is 7.82. The van der Waals surface area contributed by atoms with Crippen molar-refractivity contribution in [1.82, 2.24) is 14.5 Å². The molecule has 0 aromatic heterocycles. The molecular weight excluding hydrogens is 461 g/mol. The summed E-state index contributed by atoms with van der Waals surface area (Å²) in [4.78, 5) is 14.6. The summed E-state index contributed by atoms with van der Waals surface area (Å²) in [6, 6.07) is 11.5. The summed E-state index contributed by atoms with van der Waals surface area (Å²) in [6.45, 7) is 3.55. The molecule has 0 bridgehead atoms. The average Bonchev–Trinajstić information content (AvgIpc) is 2.78. The number of amides is 1. The fraction of sp³-hybridized carbons (Fsp3) is 0.381. The van der Waals surface area contributed by atoms with Crippen LogP contribution in [0.2, 0.25) is 10.0 Å². The first-order valence-corrected chi connectivity index (χ1v) is 12.0. The number of hydrogen-bond acceptors (Lipinski definition) is 5. The van der Waals surface area contributed by atoms with Crippen LogP contribution in [-0.2, 0) is 21.4 Å². The van der Waals surface area contributed by atoms with Gasteiger partial charge in [-0.2, -0.15) is 4.31 Å². The standard InChI is InChI=1S/C21H25Cl2N3O4S/c1-15(21(27)24-14-16-5-3-4-6-19(16)30-2)25-9-11-26(12-10-25)31(28,29)20-13-17(22)7-8-18(20)23/h3-8,13,15H,9-12,14H2,1-2H3,(H,24,27). The van der Waals surface area contributed by atoms with E-state index in [9.17, 15) is 13.2 Å². The monoisotopic (exact) mass is 485 g/mol. The van der Waals surface area contributed by atoms with Crippen molar-refractivity contribution in [3.05, 3.63) is 58.1 Å². The zero-order chi connectivity index (χ0) is 22.6. The Labute approximate surface area is 192 Å². The van der Waals surface area contributed by atoms with E-state index in [1.165, 1.54) is 16.4 Å². The Bertz CT molecular complexity index is 1040. The number of nitrogens with one attached hydrogen (secondary N) is 1. The van der Waals surface area contributed by atoms with Gasteiger partial charge in [0.25, 0.3) is 0 Å². The highest BCUT2D eigenvalue weighted by atomic mass is 35.5. The fourth-order valence-electron chi connectivity index (χ4n) is 3.49. The van der Waals surface area contributed by atoms with Gasteiger partial charge in [-0.25, -0.2) is 8.42 Å². The van der Waals surface area contributed by atoms with Gasteiger partial charge in [-0.15, -0.1) is 0 Å². The molecule has 1 aliphatic heterocycles. The first kappa shape index (κ1) is 23.8. The van der Waals surface area contributed by atoms with Gasteiger partial charge >= 0.3 is 0 Å². The predicted octanol–water partition coefficient (Wildman–Crippen LogP) is 3.01. The van der Waals surface area contributed by atoms with Crippen LogP contribution in [0.5, 0.6) is 5.75 Å². The van der Waals surface area contributed by atoms with Crippen molar-refractivity contribution in [2.45, 2.75) is 24.4 Å². The van der Waals surface area contributed by atoms with E-state index in [0.717, 1.165) is 5.56 Å². The quantitative estimate of drug-likeness (QED) is 0.651. The molecule has 2 aromatic rings. The summed E-state index contributed by atoms with van der Waals surface area (Å²) in [5, 5.41) is 3.37. The number of halogens is 2. The highest BCUT2D eigenvalue weighted by molar-refractivity contribution is 7.89. The average molecular weight is 486 g/mol. The summed E-state index contributed by atoms with van der Waals surface area (Å²) in [5.74, 6) is 0.592. The Morgan fingerprint density at radius 2 is 1.81 bits per heavy atom.